The van der Waals surface area contributed by atoms with Gasteiger partial charge in [0.1, 0.15) is 6.07 Å². The van der Waals surface area contributed by atoms with Crippen molar-refractivity contribution in [3.63, 3.8) is 0 Å². The van der Waals surface area contributed by atoms with Crippen molar-refractivity contribution in [2.45, 2.75) is 71.6 Å². The molecule has 0 saturated heterocycles. The van der Waals surface area contributed by atoms with E-state index in [-0.39, 0.29) is 5.41 Å². The van der Waals surface area contributed by atoms with E-state index in [2.05, 4.69) is 37.0 Å². The van der Waals surface area contributed by atoms with Gasteiger partial charge in [0.05, 0.1) is 11.3 Å². The summed E-state index contributed by atoms with van der Waals surface area (Å²) in [4.78, 5) is 9.46. The van der Waals surface area contributed by atoms with E-state index in [0.717, 1.165) is 47.3 Å². The van der Waals surface area contributed by atoms with E-state index in [1.165, 1.54) is 36.9 Å². The summed E-state index contributed by atoms with van der Waals surface area (Å²) in [6.07, 6.45) is 9.88. The molecule has 0 aliphatic heterocycles. The van der Waals surface area contributed by atoms with Crippen LogP contribution >= 0.6 is 0 Å². The van der Waals surface area contributed by atoms with Crippen LogP contribution in [0.5, 0.6) is 0 Å². The normalized spacial score (nSPS) is 19.2. The molecule has 26 heavy (non-hydrogen) atoms. The maximum Gasteiger partial charge on any atom is 0.102 e. The topological polar surface area (TPSA) is 49.6 Å². The standard InChI is InChI=1S/C23H27N3/c1-15-12-17(9-11-25-15)21-18-13-23(2,3)10-8-20(18)26-22(19(21)14-24)16-6-4-5-7-16/h9,11-12,16H,4-8,10,13H2,1-3H3. The third-order valence-corrected chi connectivity index (χ3v) is 6.14. The second kappa shape index (κ2) is 6.50. The Morgan fingerprint density at radius 2 is 2.00 bits per heavy atom. The van der Waals surface area contributed by atoms with Gasteiger partial charge in [0.2, 0.25) is 0 Å². The first-order chi connectivity index (χ1) is 12.5. The van der Waals surface area contributed by atoms with Crippen molar-refractivity contribution in [2.24, 2.45) is 5.41 Å². The van der Waals surface area contributed by atoms with Crippen LogP contribution < -0.4 is 0 Å². The molecule has 1 fully saturated rings. The molecule has 3 nitrogen and oxygen atoms in total. The van der Waals surface area contributed by atoms with Gasteiger partial charge in [0.15, 0.2) is 0 Å². The van der Waals surface area contributed by atoms with Gasteiger partial charge in [-0.1, -0.05) is 26.7 Å². The molecular weight excluding hydrogens is 318 g/mol. The van der Waals surface area contributed by atoms with Gasteiger partial charge in [-0.05, 0) is 67.7 Å². The van der Waals surface area contributed by atoms with Crippen LogP contribution in [0.2, 0.25) is 0 Å². The smallest absolute Gasteiger partial charge is 0.102 e. The van der Waals surface area contributed by atoms with Crippen LogP contribution in [0, 0.1) is 23.7 Å². The van der Waals surface area contributed by atoms with Gasteiger partial charge in [-0.15, -0.1) is 0 Å². The average Bonchev–Trinajstić information content (AvgIpc) is 3.14. The van der Waals surface area contributed by atoms with Crippen LogP contribution in [-0.4, -0.2) is 9.97 Å². The van der Waals surface area contributed by atoms with E-state index in [9.17, 15) is 5.26 Å². The largest absolute Gasteiger partial charge is 0.262 e. The van der Waals surface area contributed by atoms with Gasteiger partial charge in [-0.2, -0.15) is 5.26 Å². The maximum atomic E-state index is 10.1. The highest BCUT2D eigenvalue weighted by atomic mass is 14.8. The lowest BCUT2D eigenvalue weighted by Gasteiger charge is -2.33. The molecule has 3 heteroatoms. The zero-order chi connectivity index (χ0) is 18.3. The molecule has 2 aromatic rings. The summed E-state index contributed by atoms with van der Waals surface area (Å²) >= 11 is 0. The maximum absolute atomic E-state index is 10.1. The summed E-state index contributed by atoms with van der Waals surface area (Å²) in [5.74, 6) is 0.451. The van der Waals surface area contributed by atoms with Crippen molar-refractivity contribution in [1.29, 1.82) is 5.26 Å². The van der Waals surface area contributed by atoms with E-state index in [4.69, 9.17) is 4.98 Å². The lowest BCUT2D eigenvalue weighted by atomic mass is 9.73. The Labute approximate surface area is 156 Å². The van der Waals surface area contributed by atoms with Crippen molar-refractivity contribution >= 4 is 0 Å². The summed E-state index contributed by atoms with van der Waals surface area (Å²) < 4.78 is 0. The second-order valence-corrected chi connectivity index (χ2v) is 8.79. The van der Waals surface area contributed by atoms with E-state index < -0.39 is 0 Å². The van der Waals surface area contributed by atoms with Gasteiger partial charge in [-0.3, -0.25) is 9.97 Å². The Morgan fingerprint density at radius 1 is 1.23 bits per heavy atom. The summed E-state index contributed by atoms with van der Waals surface area (Å²) in [5.41, 5.74) is 7.93. The first kappa shape index (κ1) is 17.2. The number of aromatic nitrogens is 2. The van der Waals surface area contributed by atoms with E-state index in [0.29, 0.717) is 5.92 Å². The molecule has 1 saturated carbocycles. The molecule has 0 unspecified atom stereocenters. The summed E-state index contributed by atoms with van der Waals surface area (Å²) in [6.45, 7) is 6.67. The van der Waals surface area contributed by atoms with Crippen LogP contribution in [0.1, 0.15) is 80.1 Å². The fourth-order valence-electron chi connectivity index (χ4n) is 4.74. The van der Waals surface area contributed by atoms with Crippen molar-refractivity contribution in [1.82, 2.24) is 9.97 Å². The summed E-state index contributed by atoms with van der Waals surface area (Å²) in [5, 5.41) is 10.1. The fourth-order valence-corrected chi connectivity index (χ4v) is 4.74. The van der Waals surface area contributed by atoms with Crippen molar-refractivity contribution in [3.8, 4) is 17.2 Å². The number of hydrogen-bond donors (Lipinski definition) is 0. The Bertz CT molecular complexity index is 883. The predicted molar refractivity (Wildman–Crippen MR) is 104 cm³/mol. The van der Waals surface area contributed by atoms with E-state index in [1.807, 2.05) is 13.1 Å². The summed E-state index contributed by atoms with van der Waals surface area (Å²) in [6, 6.07) is 6.73. The number of rotatable bonds is 2. The van der Waals surface area contributed by atoms with Gasteiger partial charge in [0, 0.05) is 29.1 Å². The first-order valence-electron chi connectivity index (χ1n) is 9.87. The third-order valence-electron chi connectivity index (χ3n) is 6.14. The molecule has 2 aliphatic carbocycles. The Morgan fingerprint density at radius 3 is 2.69 bits per heavy atom. The Balaban J connectivity index is 1.99. The minimum Gasteiger partial charge on any atom is -0.262 e. The highest BCUT2D eigenvalue weighted by Gasteiger charge is 2.33. The highest BCUT2D eigenvalue weighted by molar-refractivity contribution is 5.76. The van der Waals surface area contributed by atoms with Crippen LogP contribution in [0.4, 0.5) is 0 Å². The highest BCUT2D eigenvalue weighted by Crippen LogP contribution is 2.44. The first-order valence-corrected chi connectivity index (χ1v) is 9.87. The molecule has 0 radical (unpaired) electrons. The molecule has 0 amide bonds. The third kappa shape index (κ3) is 3.03. The van der Waals surface area contributed by atoms with Crippen LogP contribution in [0.15, 0.2) is 18.3 Å². The van der Waals surface area contributed by atoms with Crippen LogP contribution in [-0.2, 0) is 12.8 Å². The number of fused-ring (bicyclic) bond motifs is 1. The molecule has 0 atom stereocenters. The van der Waals surface area contributed by atoms with Crippen molar-refractivity contribution in [2.75, 3.05) is 0 Å². The molecule has 0 N–H and O–H groups in total. The molecule has 0 spiro atoms. The Kier molecular flexibility index (Phi) is 4.31. The van der Waals surface area contributed by atoms with Gasteiger partial charge in [0.25, 0.3) is 0 Å². The number of aryl methyl sites for hydroxylation is 2. The van der Waals surface area contributed by atoms with Crippen molar-refractivity contribution in [3.05, 3.63) is 46.5 Å². The zero-order valence-electron chi connectivity index (χ0n) is 16.1. The second-order valence-electron chi connectivity index (χ2n) is 8.79. The number of hydrogen-bond acceptors (Lipinski definition) is 3. The lowest BCUT2D eigenvalue weighted by Crippen LogP contribution is -2.25. The molecule has 0 bridgehead atoms. The van der Waals surface area contributed by atoms with Crippen molar-refractivity contribution < 1.29 is 0 Å². The molecule has 0 aromatic carbocycles. The summed E-state index contributed by atoms with van der Waals surface area (Å²) in [7, 11) is 0. The van der Waals surface area contributed by atoms with Gasteiger partial charge in [-0.25, -0.2) is 0 Å². The Hall–Kier alpha value is -2.21. The molecule has 134 valence electrons. The number of nitrogens with zero attached hydrogens (tertiary/aromatic N) is 3. The van der Waals surface area contributed by atoms with E-state index in [1.54, 1.807) is 0 Å². The minimum absolute atomic E-state index is 0.257. The number of pyridine rings is 2. The number of nitriles is 1. The molecule has 4 rings (SSSR count). The molecule has 2 aromatic heterocycles. The quantitative estimate of drug-likeness (QED) is 0.722. The van der Waals surface area contributed by atoms with Gasteiger partial charge < -0.3 is 0 Å². The molecule has 2 aliphatic rings. The van der Waals surface area contributed by atoms with Crippen LogP contribution in [0.25, 0.3) is 11.1 Å². The fraction of sp³-hybridized carbons (Fsp3) is 0.522. The minimum atomic E-state index is 0.257. The lowest BCUT2D eigenvalue weighted by molar-refractivity contribution is 0.312. The molecular formula is C23H27N3. The SMILES string of the molecule is Cc1cc(-c2c(C#N)c(C3CCCC3)nc3c2CC(C)(C)CC3)ccn1. The monoisotopic (exact) mass is 345 g/mol. The molecule has 2 heterocycles. The zero-order valence-corrected chi connectivity index (χ0v) is 16.1. The average molecular weight is 345 g/mol. The predicted octanol–water partition coefficient (Wildman–Crippen LogP) is 5.50. The van der Waals surface area contributed by atoms with Crippen LogP contribution in [0.3, 0.4) is 0 Å². The van der Waals surface area contributed by atoms with Gasteiger partial charge >= 0.3 is 0 Å². The van der Waals surface area contributed by atoms with E-state index >= 15 is 0 Å².